The lowest BCUT2D eigenvalue weighted by atomic mass is 9.99. The highest BCUT2D eigenvalue weighted by Crippen LogP contribution is 2.28. The Balaban J connectivity index is 1.63. The smallest absolute Gasteiger partial charge is 0.225 e. The maximum absolute atomic E-state index is 4.52. The second-order valence-corrected chi connectivity index (χ2v) is 5.51. The fourth-order valence-electron chi connectivity index (χ4n) is 2.81. The van der Waals surface area contributed by atoms with Gasteiger partial charge >= 0.3 is 0 Å². The first-order valence-corrected chi connectivity index (χ1v) is 7.68. The van der Waals surface area contributed by atoms with E-state index in [1.165, 1.54) is 12.0 Å². The van der Waals surface area contributed by atoms with Crippen molar-refractivity contribution in [2.75, 3.05) is 24.5 Å². The molecule has 0 aliphatic carbocycles. The molecule has 2 heterocycles. The van der Waals surface area contributed by atoms with Crippen LogP contribution in [0, 0.1) is 0 Å². The van der Waals surface area contributed by atoms with Crippen LogP contribution in [0.5, 0.6) is 0 Å². The molecule has 0 saturated carbocycles. The van der Waals surface area contributed by atoms with Gasteiger partial charge in [-0.25, -0.2) is 9.97 Å². The summed E-state index contributed by atoms with van der Waals surface area (Å²) < 4.78 is 0. The van der Waals surface area contributed by atoms with Gasteiger partial charge in [-0.1, -0.05) is 37.3 Å². The largest absolute Gasteiger partial charge is 0.340 e. The molecule has 0 amide bonds. The first-order chi connectivity index (χ1) is 10.4. The van der Waals surface area contributed by atoms with Crippen LogP contribution in [0.15, 0.2) is 42.7 Å². The van der Waals surface area contributed by atoms with E-state index in [4.69, 9.17) is 0 Å². The molecule has 0 spiro atoms. The van der Waals surface area contributed by atoms with Crippen molar-refractivity contribution in [2.24, 2.45) is 0 Å². The van der Waals surface area contributed by atoms with Crippen molar-refractivity contribution in [3.8, 4) is 0 Å². The van der Waals surface area contributed by atoms with E-state index >= 15 is 0 Å². The summed E-state index contributed by atoms with van der Waals surface area (Å²) in [5, 5.41) is 3.29. The monoisotopic (exact) mass is 282 g/mol. The second-order valence-electron chi connectivity index (χ2n) is 5.51. The second kappa shape index (κ2) is 6.68. The van der Waals surface area contributed by atoms with E-state index in [1.807, 2.05) is 12.4 Å². The highest BCUT2D eigenvalue weighted by Gasteiger charge is 2.25. The van der Waals surface area contributed by atoms with Gasteiger partial charge in [-0.2, -0.15) is 0 Å². The molecule has 21 heavy (non-hydrogen) atoms. The summed E-state index contributed by atoms with van der Waals surface area (Å²) in [4.78, 5) is 11.3. The minimum Gasteiger partial charge on any atom is -0.340 e. The average molecular weight is 282 g/mol. The third-order valence-corrected chi connectivity index (χ3v) is 4.01. The van der Waals surface area contributed by atoms with Crippen molar-refractivity contribution in [1.29, 1.82) is 0 Å². The summed E-state index contributed by atoms with van der Waals surface area (Å²) in [6, 6.07) is 10.7. The standard InChI is InChI=1S/C17H22N4/c1-2-18-10-14-11-19-17(20-12-14)21-9-8-16(13-21)15-6-4-3-5-7-15/h3-7,11-12,16,18H,2,8-10,13H2,1H3. The molecule has 1 fully saturated rings. The first-order valence-electron chi connectivity index (χ1n) is 7.68. The van der Waals surface area contributed by atoms with E-state index in [1.54, 1.807) is 0 Å². The normalized spacial score (nSPS) is 18.1. The van der Waals surface area contributed by atoms with Crippen LogP contribution in [-0.2, 0) is 6.54 Å². The number of hydrogen-bond donors (Lipinski definition) is 1. The topological polar surface area (TPSA) is 41.1 Å². The summed E-state index contributed by atoms with van der Waals surface area (Å²) in [6.45, 7) is 5.95. The Bertz CT molecular complexity index is 553. The van der Waals surface area contributed by atoms with E-state index in [-0.39, 0.29) is 0 Å². The maximum atomic E-state index is 4.52. The van der Waals surface area contributed by atoms with Crippen LogP contribution in [0.25, 0.3) is 0 Å². The van der Waals surface area contributed by atoms with Gasteiger partial charge in [-0.05, 0) is 18.5 Å². The molecule has 1 aromatic carbocycles. The Labute approximate surface area is 126 Å². The van der Waals surface area contributed by atoms with Gasteiger partial charge in [0.1, 0.15) is 0 Å². The SMILES string of the molecule is CCNCc1cnc(N2CCC(c3ccccc3)C2)nc1. The van der Waals surface area contributed by atoms with Crippen LogP contribution in [0.3, 0.4) is 0 Å². The predicted octanol–water partition coefficient (Wildman–Crippen LogP) is 2.58. The van der Waals surface area contributed by atoms with Crippen molar-refractivity contribution in [2.45, 2.75) is 25.8 Å². The zero-order chi connectivity index (χ0) is 14.5. The summed E-state index contributed by atoms with van der Waals surface area (Å²) in [6.07, 6.45) is 5.04. The Hall–Kier alpha value is -1.94. The van der Waals surface area contributed by atoms with Crippen molar-refractivity contribution in [3.63, 3.8) is 0 Å². The minimum absolute atomic E-state index is 0.594. The van der Waals surface area contributed by atoms with Crippen LogP contribution in [-0.4, -0.2) is 29.6 Å². The van der Waals surface area contributed by atoms with E-state index in [0.717, 1.165) is 37.7 Å². The zero-order valence-corrected chi connectivity index (χ0v) is 12.5. The average Bonchev–Trinajstić information content (AvgIpc) is 3.04. The Morgan fingerprint density at radius 2 is 1.95 bits per heavy atom. The van der Waals surface area contributed by atoms with Gasteiger partial charge in [0.05, 0.1) is 0 Å². The number of rotatable bonds is 5. The van der Waals surface area contributed by atoms with Gasteiger partial charge in [-0.15, -0.1) is 0 Å². The number of nitrogens with one attached hydrogen (secondary N) is 1. The van der Waals surface area contributed by atoms with Gasteiger partial charge in [0, 0.05) is 43.5 Å². The van der Waals surface area contributed by atoms with E-state index in [0.29, 0.717) is 5.92 Å². The number of aromatic nitrogens is 2. The maximum Gasteiger partial charge on any atom is 0.225 e. The van der Waals surface area contributed by atoms with Crippen LogP contribution in [0.2, 0.25) is 0 Å². The molecule has 110 valence electrons. The molecule has 1 aliphatic rings. The third-order valence-electron chi connectivity index (χ3n) is 4.01. The summed E-state index contributed by atoms with van der Waals surface area (Å²) in [5.41, 5.74) is 2.56. The number of hydrogen-bond acceptors (Lipinski definition) is 4. The molecule has 1 unspecified atom stereocenters. The molecular formula is C17H22N4. The van der Waals surface area contributed by atoms with Gasteiger partial charge in [0.25, 0.3) is 0 Å². The molecular weight excluding hydrogens is 260 g/mol. The summed E-state index contributed by atoms with van der Waals surface area (Å²) >= 11 is 0. The lowest BCUT2D eigenvalue weighted by Gasteiger charge is -2.16. The third kappa shape index (κ3) is 3.39. The molecule has 1 aromatic heterocycles. The molecule has 0 radical (unpaired) electrons. The van der Waals surface area contributed by atoms with Crippen LogP contribution >= 0.6 is 0 Å². The van der Waals surface area contributed by atoms with E-state index in [9.17, 15) is 0 Å². The van der Waals surface area contributed by atoms with Gasteiger partial charge in [0.15, 0.2) is 0 Å². The number of benzene rings is 1. The molecule has 1 atom stereocenters. The fraction of sp³-hybridized carbons (Fsp3) is 0.412. The highest BCUT2D eigenvalue weighted by molar-refractivity contribution is 5.35. The van der Waals surface area contributed by atoms with E-state index < -0.39 is 0 Å². The lowest BCUT2D eigenvalue weighted by Crippen LogP contribution is -2.22. The van der Waals surface area contributed by atoms with Crippen LogP contribution in [0.4, 0.5) is 5.95 Å². The first kappa shape index (κ1) is 14.0. The summed E-state index contributed by atoms with van der Waals surface area (Å²) in [7, 11) is 0. The molecule has 1 aliphatic heterocycles. The van der Waals surface area contributed by atoms with Gasteiger partial charge in [0.2, 0.25) is 5.95 Å². The van der Waals surface area contributed by atoms with Gasteiger partial charge in [-0.3, -0.25) is 0 Å². The Morgan fingerprint density at radius 3 is 2.67 bits per heavy atom. The highest BCUT2D eigenvalue weighted by atomic mass is 15.3. The van der Waals surface area contributed by atoms with Crippen molar-refractivity contribution < 1.29 is 0 Å². The van der Waals surface area contributed by atoms with Crippen LogP contribution in [0.1, 0.15) is 30.4 Å². The molecule has 0 bridgehead atoms. The van der Waals surface area contributed by atoms with Crippen molar-refractivity contribution in [1.82, 2.24) is 15.3 Å². The van der Waals surface area contributed by atoms with Crippen molar-refractivity contribution in [3.05, 3.63) is 53.9 Å². The fourth-order valence-corrected chi connectivity index (χ4v) is 2.81. The lowest BCUT2D eigenvalue weighted by molar-refractivity contribution is 0.719. The molecule has 4 nitrogen and oxygen atoms in total. The zero-order valence-electron chi connectivity index (χ0n) is 12.5. The molecule has 3 rings (SSSR count). The van der Waals surface area contributed by atoms with E-state index in [2.05, 4.69) is 57.4 Å². The minimum atomic E-state index is 0.594. The predicted molar refractivity (Wildman–Crippen MR) is 85.4 cm³/mol. The van der Waals surface area contributed by atoms with Gasteiger partial charge < -0.3 is 10.2 Å². The number of nitrogens with zero attached hydrogens (tertiary/aromatic N) is 3. The Kier molecular flexibility index (Phi) is 4.46. The molecule has 2 aromatic rings. The number of anilines is 1. The summed E-state index contributed by atoms with van der Waals surface area (Å²) in [5.74, 6) is 1.45. The molecule has 1 saturated heterocycles. The van der Waals surface area contributed by atoms with Crippen LogP contribution < -0.4 is 10.2 Å². The Morgan fingerprint density at radius 1 is 1.19 bits per heavy atom. The van der Waals surface area contributed by atoms with Crippen molar-refractivity contribution >= 4 is 5.95 Å². The molecule has 4 heteroatoms. The molecule has 1 N–H and O–H groups in total. The quantitative estimate of drug-likeness (QED) is 0.915.